The molecule has 0 aliphatic carbocycles. The summed E-state index contributed by atoms with van der Waals surface area (Å²) in [4.78, 5) is 12.2. The summed E-state index contributed by atoms with van der Waals surface area (Å²) in [6.45, 7) is 6.92. The van der Waals surface area contributed by atoms with Crippen LogP contribution in [0.5, 0.6) is 0 Å². The van der Waals surface area contributed by atoms with E-state index in [1.165, 1.54) is 103 Å². The van der Waals surface area contributed by atoms with E-state index in [9.17, 15) is 9.46 Å². The molecule has 0 aromatic heterocycles. The zero-order chi connectivity index (χ0) is 24.0. The maximum Gasteiger partial charge on any atom is 0.135 e. The fourth-order valence-electron chi connectivity index (χ4n) is 4.34. The van der Waals surface area contributed by atoms with Gasteiger partial charge in [0.2, 0.25) is 0 Å². The van der Waals surface area contributed by atoms with Crippen LogP contribution in [0.4, 0.5) is 0 Å². The van der Waals surface area contributed by atoms with Gasteiger partial charge in [0.05, 0.1) is 33.8 Å². The average Bonchev–Trinajstić information content (AvgIpc) is 2.73. The summed E-state index contributed by atoms with van der Waals surface area (Å²) in [7, 11) is 0.770. The van der Waals surface area contributed by atoms with Crippen LogP contribution in [0.25, 0.3) is 0 Å². The summed E-state index contributed by atoms with van der Waals surface area (Å²) >= 11 is 0. The van der Waals surface area contributed by atoms with Gasteiger partial charge in [-0.3, -0.25) is 0 Å². The Labute approximate surface area is 202 Å². The molecular formula is C27H58NO3P. The second kappa shape index (κ2) is 21.6. The third-order valence-corrected chi connectivity index (χ3v) is 8.04. The van der Waals surface area contributed by atoms with Gasteiger partial charge in [0.1, 0.15) is 7.60 Å². The predicted molar refractivity (Wildman–Crippen MR) is 139 cm³/mol. The van der Waals surface area contributed by atoms with Crippen LogP contribution in [0.1, 0.15) is 136 Å². The van der Waals surface area contributed by atoms with Crippen molar-refractivity contribution < 1.29 is 18.5 Å². The molecule has 0 heterocycles. The SMILES string of the molecule is CCCCCCCCCCCCCCOP(=O)([O-])CCC[N+](C)(C)CCCCCCCC. The zero-order valence-electron chi connectivity index (χ0n) is 22.4. The van der Waals surface area contributed by atoms with Crippen molar-refractivity contribution >= 4 is 7.60 Å². The molecule has 0 rings (SSSR count). The largest absolute Gasteiger partial charge is 0.778 e. The van der Waals surface area contributed by atoms with Gasteiger partial charge in [0, 0.05) is 12.6 Å². The van der Waals surface area contributed by atoms with Crippen LogP contribution in [0, 0.1) is 0 Å². The summed E-state index contributed by atoms with van der Waals surface area (Å²) in [6.07, 6.45) is 24.1. The van der Waals surface area contributed by atoms with E-state index in [2.05, 4.69) is 27.9 Å². The second-order valence-corrected chi connectivity index (χ2v) is 12.5. The molecular weight excluding hydrogens is 417 g/mol. The highest BCUT2D eigenvalue weighted by molar-refractivity contribution is 7.51. The monoisotopic (exact) mass is 475 g/mol. The minimum atomic E-state index is -3.67. The Morgan fingerprint density at radius 3 is 1.44 bits per heavy atom. The van der Waals surface area contributed by atoms with Gasteiger partial charge in [-0.1, -0.05) is 110 Å². The Hall–Kier alpha value is 0.110. The van der Waals surface area contributed by atoms with Crippen LogP contribution in [0.15, 0.2) is 0 Å². The molecule has 0 N–H and O–H groups in total. The quantitative estimate of drug-likeness (QED) is 0.0761. The Balaban J connectivity index is 3.57. The molecule has 1 atom stereocenters. The minimum absolute atomic E-state index is 0.184. The molecule has 194 valence electrons. The summed E-state index contributed by atoms with van der Waals surface area (Å²) in [6, 6.07) is 0. The lowest BCUT2D eigenvalue weighted by Crippen LogP contribution is -2.41. The number of hydrogen-bond acceptors (Lipinski definition) is 3. The zero-order valence-corrected chi connectivity index (χ0v) is 23.3. The van der Waals surface area contributed by atoms with E-state index in [4.69, 9.17) is 4.52 Å². The van der Waals surface area contributed by atoms with Gasteiger partial charge in [-0.15, -0.1) is 0 Å². The Morgan fingerprint density at radius 1 is 0.594 bits per heavy atom. The molecule has 4 nitrogen and oxygen atoms in total. The van der Waals surface area contributed by atoms with Gasteiger partial charge >= 0.3 is 0 Å². The van der Waals surface area contributed by atoms with E-state index in [0.717, 1.165) is 30.4 Å². The lowest BCUT2D eigenvalue weighted by Gasteiger charge is -2.31. The molecule has 5 heteroatoms. The molecule has 0 amide bonds. The van der Waals surface area contributed by atoms with Crippen LogP contribution < -0.4 is 4.89 Å². The maximum absolute atomic E-state index is 12.2. The van der Waals surface area contributed by atoms with Crippen molar-refractivity contribution in [2.45, 2.75) is 136 Å². The van der Waals surface area contributed by atoms with Crippen LogP contribution >= 0.6 is 7.60 Å². The number of unbranched alkanes of at least 4 members (excludes halogenated alkanes) is 16. The van der Waals surface area contributed by atoms with Gasteiger partial charge in [-0.25, -0.2) is 0 Å². The molecule has 32 heavy (non-hydrogen) atoms. The highest BCUT2D eigenvalue weighted by atomic mass is 31.2. The smallest absolute Gasteiger partial charge is 0.135 e. The Kier molecular flexibility index (Phi) is 21.7. The molecule has 0 bridgehead atoms. The van der Waals surface area contributed by atoms with Crippen LogP contribution in [0.2, 0.25) is 0 Å². The normalized spacial score (nSPS) is 14.0. The fourth-order valence-corrected chi connectivity index (χ4v) is 5.40. The van der Waals surface area contributed by atoms with Gasteiger partial charge < -0.3 is 18.5 Å². The summed E-state index contributed by atoms with van der Waals surface area (Å²) in [5.74, 6) is 0. The lowest BCUT2D eigenvalue weighted by atomic mass is 10.1. The Bertz CT molecular complexity index is 443. The number of rotatable bonds is 25. The average molecular weight is 476 g/mol. The third-order valence-electron chi connectivity index (χ3n) is 6.60. The molecule has 0 spiro atoms. The van der Waals surface area contributed by atoms with Gasteiger partial charge in [-0.05, 0) is 19.3 Å². The highest BCUT2D eigenvalue weighted by Gasteiger charge is 2.16. The first-order valence-electron chi connectivity index (χ1n) is 14.1. The molecule has 0 aliphatic heterocycles. The first-order chi connectivity index (χ1) is 15.3. The predicted octanol–water partition coefficient (Wildman–Crippen LogP) is 8.08. The molecule has 0 aromatic carbocycles. The van der Waals surface area contributed by atoms with E-state index >= 15 is 0 Å². The molecule has 0 aromatic rings. The van der Waals surface area contributed by atoms with Crippen LogP contribution in [0.3, 0.4) is 0 Å². The van der Waals surface area contributed by atoms with Crippen LogP contribution in [-0.2, 0) is 9.09 Å². The molecule has 1 unspecified atom stereocenters. The van der Waals surface area contributed by atoms with Crippen molar-refractivity contribution in [1.82, 2.24) is 0 Å². The lowest BCUT2D eigenvalue weighted by molar-refractivity contribution is -0.890. The van der Waals surface area contributed by atoms with Crippen molar-refractivity contribution in [1.29, 1.82) is 0 Å². The van der Waals surface area contributed by atoms with E-state index < -0.39 is 7.60 Å². The molecule has 0 fully saturated rings. The van der Waals surface area contributed by atoms with E-state index in [0.29, 0.717) is 13.0 Å². The topological polar surface area (TPSA) is 49.4 Å². The highest BCUT2D eigenvalue weighted by Crippen LogP contribution is 2.37. The third kappa shape index (κ3) is 23.3. The fraction of sp³-hybridized carbons (Fsp3) is 1.00. The number of hydrogen-bond donors (Lipinski definition) is 0. The first kappa shape index (κ1) is 32.1. The van der Waals surface area contributed by atoms with E-state index in [1.54, 1.807) is 0 Å². The first-order valence-corrected chi connectivity index (χ1v) is 15.8. The molecule has 0 saturated heterocycles. The standard InChI is InChI=1S/C27H58NO3P/c1-5-7-9-11-13-14-15-16-17-18-20-22-26-31-32(29,30)27-23-25-28(3,4)24-21-19-12-10-8-6-2/h5-27H2,1-4H3. The molecule has 0 aliphatic rings. The second-order valence-electron chi connectivity index (χ2n) is 10.6. The number of nitrogens with zero attached hydrogens (tertiary/aromatic N) is 1. The van der Waals surface area contributed by atoms with Crippen molar-refractivity contribution in [2.24, 2.45) is 0 Å². The van der Waals surface area contributed by atoms with Gasteiger partial charge in [0.25, 0.3) is 0 Å². The van der Waals surface area contributed by atoms with Crippen molar-refractivity contribution in [3.63, 3.8) is 0 Å². The van der Waals surface area contributed by atoms with E-state index in [-0.39, 0.29) is 6.16 Å². The molecule has 0 radical (unpaired) electrons. The van der Waals surface area contributed by atoms with Gasteiger partial charge in [-0.2, -0.15) is 0 Å². The minimum Gasteiger partial charge on any atom is -0.778 e. The molecule has 0 saturated carbocycles. The van der Waals surface area contributed by atoms with E-state index in [1.807, 2.05) is 0 Å². The Morgan fingerprint density at radius 2 is 0.969 bits per heavy atom. The summed E-state index contributed by atoms with van der Waals surface area (Å²) in [5.41, 5.74) is 0. The van der Waals surface area contributed by atoms with Crippen LogP contribution in [-0.4, -0.2) is 44.4 Å². The van der Waals surface area contributed by atoms with Gasteiger partial charge in [0.15, 0.2) is 0 Å². The number of quaternary nitrogens is 1. The summed E-state index contributed by atoms with van der Waals surface area (Å²) < 4.78 is 18.4. The van der Waals surface area contributed by atoms with Crippen molar-refractivity contribution in [3.05, 3.63) is 0 Å². The maximum atomic E-state index is 12.2. The van der Waals surface area contributed by atoms with Crippen molar-refractivity contribution in [3.8, 4) is 0 Å². The van der Waals surface area contributed by atoms with Crippen molar-refractivity contribution in [2.75, 3.05) is 40.0 Å². The summed E-state index contributed by atoms with van der Waals surface area (Å²) in [5, 5.41) is 0.